The molecule has 1 fully saturated rings. The third-order valence-corrected chi connectivity index (χ3v) is 6.68. The maximum Gasteiger partial charge on any atom is 0.495 e. The minimum atomic E-state index is -0.473. The van der Waals surface area contributed by atoms with Crippen LogP contribution in [0, 0.1) is 0 Å². The summed E-state index contributed by atoms with van der Waals surface area (Å²) in [6.07, 6.45) is 11.0. The number of nitrogens with zero attached hydrogens (tertiary/aromatic N) is 2. The van der Waals surface area contributed by atoms with Crippen molar-refractivity contribution in [3.05, 3.63) is 78.4 Å². The zero-order valence-electron chi connectivity index (χ0n) is 21.2. The fourth-order valence-electron chi connectivity index (χ4n) is 3.91. The molecule has 0 atom stereocenters. The summed E-state index contributed by atoms with van der Waals surface area (Å²) in [4.78, 5) is 8.15. The number of benzene rings is 1. The Bertz CT molecular complexity index is 995. The Labute approximate surface area is 209 Å². The summed E-state index contributed by atoms with van der Waals surface area (Å²) in [6.45, 7) is 9.45. The van der Waals surface area contributed by atoms with Crippen molar-refractivity contribution in [2.75, 3.05) is 13.2 Å². The maximum atomic E-state index is 6.28. The molecule has 1 aliphatic rings. The molecule has 3 heterocycles. The van der Waals surface area contributed by atoms with Crippen molar-refractivity contribution in [3.8, 4) is 11.5 Å². The smallest absolute Gasteiger partial charge is 0.493 e. The van der Waals surface area contributed by atoms with Gasteiger partial charge in [0.1, 0.15) is 11.5 Å². The molecule has 0 amide bonds. The predicted octanol–water partition coefficient (Wildman–Crippen LogP) is 4.80. The van der Waals surface area contributed by atoms with Crippen LogP contribution in [0.5, 0.6) is 11.5 Å². The molecule has 0 N–H and O–H groups in total. The van der Waals surface area contributed by atoms with Crippen LogP contribution in [-0.2, 0) is 22.2 Å². The molecule has 0 unspecified atom stereocenters. The molecule has 1 saturated heterocycles. The lowest BCUT2D eigenvalue weighted by Gasteiger charge is -2.32. The average molecular weight is 474 g/mol. The number of rotatable bonds is 11. The molecular weight excluding hydrogens is 439 g/mol. The van der Waals surface area contributed by atoms with Crippen LogP contribution in [0.3, 0.4) is 0 Å². The molecule has 0 spiro atoms. The zero-order chi connectivity index (χ0) is 24.7. The van der Waals surface area contributed by atoms with Crippen LogP contribution < -0.4 is 14.9 Å². The van der Waals surface area contributed by atoms with Crippen LogP contribution in [0.1, 0.15) is 51.7 Å². The molecule has 6 nitrogen and oxygen atoms in total. The van der Waals surface area contributed by atoms with Gasteiger partial charge in [-0.25, -0.2) is 0 Å². The lowest BCUT2D eigenvalue weighted by molar-refractivity contribution is 0.00578. The van der Waals surface area contributed by atoms with Gasteiger partial charge < -0.3 is 18.8 Å². The summed E-state index contributed by atoms with van der Waals surface area (Å²) in [5, 5.41) is 0. The van der Waals surface area contributed by atoms with Gasteiger partial charge in [0.2, 0.25) is 0 Å². The van der Waals surface area contributed by atoms with Crippen LogP contribution >= 0.6 is 0 Å². The van der Waals surface area contributed by atoms with Gasteiger partial charge in [-0.05, 0) is 106 Å². The van der Waals surface area contributed by atoms with Crippen molar-refractivity contribution < 1.29 is 18.8 Å². The van der Waals surface area contributed by atoms with Gasteiger partial charge in [0.15, 0.2) is 0 Å². The minimum Gasteiger partial charge on any atom is -0.493 e. The minimum absolute atomic E-state index is 0.412. The molecule has 2 aromatic heterocycles. The fraction of sp³-hybridized carbons (Fsp3) is 0.429. The number of pyridine rings is 2. The van der Waals surface area contributed by atoms with E-state index in [0.29, 0.717) is 13.2 Å². The van der Waals surface area contributed by atoms with E-state index < -0.39 is 18.3 Å². The van der Waals surface area contributed by atoms with Crippen molar-refractivity contribution in [2.45, 2.75) is 64.6 Å². The second-order valence-electron chi connectivity index (χ2n) is 9.94. The summed E-state index contributed by atoms with van der Waals surface area (Å²) in [7, 11) is -0.473. The van der Waals surface area contributed by atoms with Crippen molar-refractivity contribution in [1.82, 2.24) is 9.97 Å². The molecule has 0 saturated carbocycles. The second kappa shape index (κ2) is 11.2. The number of aromatic nitrogens is 2. The first-order valence-corrected chi connectivity index (χ1v) is 12.4. The highest BCUT2D eigenvalue weighted by Gasteiger charge is 2.51. The van der Waals surface area contributed by atoms with Crippen molar-refractivity contribution in [3.63, 3.8) is 0 Å². The standard InChI is InChI=1S/C28H35BN2O4/c1-27(2)28(3,4)35-29(34-27)24-19-25(32-17-5-7-22-9-13-30-14-10-22)21-26(20-24)33-18-6-8-23-11-15-31-16-12-23/h9-16,19-21H,5-8,17-18H2,1-4H3. The first-order chi connectivity index (χ1) is 16.8. The lowest BCUT2D eigenvalue weighted by atomic mass is 9.79. The van der Waals surface area contributed by atoms with Gasteiger partial charge in [0.05, 0.1) is 24.4 Å². The number of ether oxygens (including phenoxy) is 2. The monoisotopic (exact) mass is 474 g/mol. The fourth-order valence-corrected chi connectivity index (χ4v) is 3.91. The summed E-state index contributed by atoms with van der Waals surface area (Å²) in [6, 6.07) is 14.1. The molecule has 4 rings (SSSR count). The van der Waals surface area contributed by atoms with Crippen molar-refractivity contribution >= 4 is 12.6 Å². The predicted molar refractivity (Wildman–Crippen MR) is 138 cm³/mol. The van der Waals surface area contributed by atoms with Crippen molar-refractivity contribution in [1.29, 1.82) is 0 Å². The van der Waals surface area contributed by atoms with E-state index >= 15 is 0 Å². The second-order valence-corrected chi connectivity index (χ2v) is 9.94. The molecular formula is C28H35BN2O4. The Morgan fingerprint density at radius 2 is 1.11 bits per heavy atom. The Morgan fingerprint density at radius 1 is 0.686 bits per heavy atom. The third kappa shape index (κ3) is 6.83. The lowest BCUT2D eigenvalue weighted by Crippen LogP contribution is -2.41. The first kappa shape index (κ1) is 25.2. The SMILES string of the molecule is CC1(C)OB(c2cc(OCCCc3ccncc3)cc(OCCCc3ccncc3)c2)OC1(C)C. The van der Waals surface area contributed by atoms with Crippen LogP contribution in [0.15, 0.2) is 67.3 Å². The molecule has 1 aromatic carbocycles. The van der Waals surface area contributed by atoms with Crippen LogP contribution in [-0.4, -0.2) is 41.5 Å². The highest BCUT2D eigenvalue weighted by Crippen LogP contribution is 2.37. The highest BCUT2D eigenvalue weighted by molar-refractivity contribution is 6.62. The normalized spacial score (nSPS) is 16.3. The van der Waals surface area contributed by atoms with E-state index in [1.165, 1.54) is 11.1 Å². The van der Waals surface area contributed by atoms with E-state index in [0.717, 1.165) is 42.6 Å². The Morgan fingerprint density at radius 3 is 1.54 bits per heavy atom. The molecule has 0 aliphatic carbocycles. The third-order valence-electron chi connectivity index (χ3n) is 6.68. The maximum absolute atomic E-state index is 6.28. The van der Waals surface area contributed by atoms with Gasteiger partial charge in [0, 0.05) is 30.9 Å². The van der Waals surface area contributed by atoms with Gasteiger partial charge in [0.25, 0.3) is 0 Å². The van der Waals surface area contributed by atoms with Crippen LogP contribution in [0.2, 0.25) is 0 Å². The Balaban J connectivity index is 1.40. The number of aryl methyl sites for hydroxylation is 2. The summed E-state index contributed by atoms with van der Waals surface area (Å²) < 4.78 is 24.8. The van der Waals surface area contributed by atoms with Gasteiger partial charge in [-0.15, -0.1) is 0 Å². The quantitative estimate of drug-likeness (QED) is 0.294. The van der Waals surface area contributed by atoms with E-state index in [1.807, 2.05) is 67.3 Å². The largest absolute Gasteiger partial charge is 0.495 e. The highest BCUT2D eigenvalue weighted by atomic mass is 16.7. The molecule has 7 heteroatoms. The van der Waals surface area contributed by atoms with E-state index in [4.69, 9.17) is 18.8 Å². The van der Waals surface area contributed by atoms with E-state index in [2.05, 4.69) is 37.7 Å². The van der Waals surface area contributed by atoms with Gasteiger partial charge in [-0.1, -0.05) is 0 Å². The molecule has 1 aliphatic heterocycles. The Hall–Kier alpha value is -2.90. The molecule has 35 heavy (non-hydrogen) atoms. The van der Waals surface area contributed by atoms with Crippen LogP contribution in [0.4, 0.5) is 0 Å². The zero-order valence-corrected chi connectivity index (χ0v) is 21.2. The van der Waals surface area contributed by atoms with Crippen molar-refractivity contribution in [2.24, 2.45) is 0 Å². The summed E-state index contributed by atoms with van der Waals surface area (Å²) in [5.74, 6) is 1.52. The van der Waals surface area contributed by atoms with Crippen LogP contribution in [0.25, 0.3) is 0 Å². The van der Waals surface area contributed by atoms with E-state index in [9.17, 15) is 0 Å². The first-order valence-electron chi connectivity index (χ1n) is 12.4. The van der Waals surface area contributed by atoms with Gasteiger partial charge >= 0.3 is 7.12 Å². The Kier molecular flexibility index (Phi) is 8.09. The number of hydrogen-bond donors (Lipinski definition) is 0. The average Bonchev–Trinajstić information content (AvgIpc) is 3.07. The molecule has 0 radical (unpaired) electrons. The number of hydrogen-bond acceptors (Lipinski definition) is 6. The molecule has 0 bridgehead atoms. The summed E-state index contributed by atoms with van der Waals surface area (Å²) in [5.41, 5.74) is 2.59. The molecule has 184 valence electrons. The van der Waals surface area contributed by atoms with E-state index in [1.54, 1.807) is 0 Å². The van der Waals surface area contributed by atoms with Gasteiger partial charge in [-0.2, -0.15) is 0 Å². The van der Waals surface area contributed by atoms with E-state index in [-0.39, 0.29) is 0 Å². The van der Waals surface area contributed by atoms with Gasteiger partial charge in [-0.3, -0.25) is 9.97 Å². The summed E-state index contributed by atoms with van der Waals surface area (Å²) >= 11 is 0. The topological polar surface area (TPSA) is 62.7 Å². The molecule has 3 aromatic rings.